The lowest BCUT2D eigenvalue weighted by atomic mass is 10.3. The quantitative estimate of drug-likeness (QED) is 0.713. The predicted octanol–water partition coefficient (Wildman–Crippen LogP) is 1.04. The van der Waals surface area contributed by atoms with E-state index >= 15 is 0 Å². The molecular weight excluding hydrogens is 171 g/mol. The minimum Gasteiger partial charge on any atom is -0.392 e. The van der Waals surface area contributed by atoms with Crippen LogP contribution in [0.3, 0.4) is 0 Å². The van der Waals surface area contributed by atoms with Crippen molar-refractivity contribution in [1.29, 1.82) is 0 Å². The molecule has 0 spiro atoms. The van der Waals surface area contributed by atoms with E-state index in [1.165, 1.54) is 6.07 Å². The number of pyridine rings is 1. The van der Waals surface area contributed by atoms with Gasteiger partial charge in [0.25, 0.3) is 0 Å². The van der Waals surface area contributed by atoms with E-state index in [1.807, 2.05) is 0 Å². The lowest BCUT2D eigenvalue weighted by Crippen LogP contribution is -2.27. The maximum atomic E-state index is 12.7. The van der Waals surface area contributed by atoms with Crippen LogP contribution in [0.25, 0.3) is 0 Å². The zero-order valence-corrected chi connectivity index (χ0v) is 7.74. The average molecular weight is 184 g/mol. The molecule has 0 unspecified atom stereocenters. The summed E-state index contributed by atoms with van der Waals surface area (Å²) in [5, 5.41) is 9.09. The molecule has 0 aromatic carbocycles. The number of hydrogen-bond donors (Lipinski definition) is 1. The Bertz CT molecular complexity index is 278. The molecule has 0 aliphatic rings. The fourth-order valence-corrected chi connectivity index (χ4v) is 1.10. The number of aliphatic hydroxyl groups is 1. The molecule has 4 heteroatoms. The van der Waals surface area contributed by atoms with Crippen molar-refractivity contribution in [3.05, 3.63) is 24.1 Å². The van der Waals surface area contributed by atoms with Crippen LogP contribution in [0.1, 0.15) is 6.92 Å². The molecule has 1 atom stereocenters. The summed E-state index contributed by atoms with van der Waals surface area (Å²) in [7, 11) is 1.76. The molecule has 1 aromatic heterocycles. The Balaban J connectivity index is 2.71. The van der Waals surface area contributed by atoms with Gasteiger partial charge in [-0.2, -0.15) is 4.39 Å². The van der Waals surface area contributed by atoms with Crippen molar-refractivity contribution < 1.29 is 9.50 Å². The van der Waals surface area contributed by atoms with Gasteiger partial charge in [0.1, 0.15) is 5.82 Å². The second-order valence-electron chi connectivity index (χ2n) is 3.05. The van der Waals surface area contributed by atoms with Crippen LogP contribution in [0.4, 0.5) is 10.2 Å². The average Bonchev–Trinajstić information content (AvgIpc) is 2.03. The molecular formula is C9H13FN2O. The summed E-state index contributed by atoms with van der Waals surface area (Å²) in [6.07, 6.45) is -0.449. The Morgan fingerprint density at radius 3 is 2.85 bits per heavy atom. The molecule has 1 N–H and O–H groups in total. The number of aromatic nitrogens is 1. The number of anilines is 1. The smallest absolute Gasteiger partial charge is 0.214 e. The van der Waals surface area contributed by atoms with Gasteiger partial charge in [-0.05, 0) is 19.1 Å². The van der Waals surface area contributed by atoms with Gasteiger partial charge in [-0.1, -0.05) is 6.07 Å². The summed E-state index contributed by atoms with van der Waals surface area (Å²) < 4.78 is 12.7. The van der Waals surface area contributed by atoms with E-state index in [2.05, 4.69) is 4.98 Å². The Morgan fingerprint density at radius 1 is 1.62 bits per heavy atom. The summed E-state index contributed by atoms with van der Waals surface area (Å²) in [5.41, 5.74) is 0. The normalized spacial score (nSPS) is 12.6. The highest BCUT2D eigenvalue weighted by Crippen LogP contribution is 2.08. The molecule has 0 saturated carbocycles. The molecule has 0 aliphatic carbocycles. The first kappa shape index (κ1) is 9.92. The second-order valence-corrected chi connectivity index (χ2v) is 3.05. The zero-order valence-electron chi connectivity index (χ0n) is 7.74. The maximum Gasteiger partial charge on any atom is 0.214 e. The monoisotopic (exact) mass is 184 g/mol. The van der Waals surface area contributed by atoms with Crippen LogP contribution in [-0.4, -0.2) is 29.8 Å². The van der Waals surface area contributed by atoms with Crippen molar-refractivity contribution in [2.75, 3.05) is 18.5 Å². The van der Waals surface area contributed by atoms with E-state index in [1.54, 1.807) is 31.0 Å². The molecule has 0 fully saturated rings. The van der Waals surface area contributed by atoms with E-state index in [-0.39, 0.29) is 0 Å². The van der Waals surface area contributed by atoms with Gasteiger partial charge in [0, 0.05) is 13.6 Å². The van der Waals surface area contributed by atoms with E-state index in [4.69, 9.17) is 5.11 Å². The van der Waals surface area contributed by atoms with E-state index in [0.717, 1.165) is 0 Å². The number of nitrogens with zero attached hydrogens (tertiary/aromatic N) is 2. The Labute approximate surface area is 76.8 Å². The fraction of sp³-hybridized carbons (Fsp3) is 0.444. The van der Waals surface area contributed by atoms with Crippen molar-refractivity contribution in [2.45, 2.75) is 13.0 Å². The van der Waals surface area contributed by atoms with Crippen LogP contribution in [0.2, 0.25) is 0 Å². The molecule has 13 heavy (non-hydrogen) atoms. The van der Waals surface area contributed by atoms with Crippen LogP contribution < -0.4 is 4.90 Å². The predicted molar refractivity (Wildman–Crippen MR) is 49.1 cm³/mol. The van der Waals surface area contributed by atoms with Crippen LogP contribution in [0, 0.1) is 5.95 Å². The summed E-state index contributed by atoms with van der Waals surface area (Å²) >= 11 is 0. The molecule has 0 amide bonds. The molecule has 1 heterocycles. The minimum absolute atomic E-state index is 0.441. The Kier molecular flexibility index (Phi) is 3.19. The third-order valence-corrected chi connectivity index (χ3v) is 1.63. The first-order valence-corrected chi connectivity index (χ1v) is 4.11. The Hall–Kier alpha value is -1.16. The summed E-state index contributed by atoms with van der Waals surface area (Å²) in [6.45, 7) is 2.12. The van der Waals surface area contributed by atoms with E-state index in [9.17, 15) is 4.39 Å². The van der Waals surface area contributed by atoms with Crippen molar-refractivity contribution in [1.82, 2.24) is 4.98 Å². The standard InChI is InChI=1S/C9H13FN2O/c1-7(13)6-12(2)9-5-3-4-8(10)11-9/h3-5,7,13H,6H2,1-2H3/t7-/m0/s1. The SMILES string of the molecule is C[C@H](O)CN(C)c1cccc(F)n1. The van der Waals surface area contributed by atoms with Gasteiger partial charge in [-0.3, -0.25) is 0 Å². The number of likely N-dealkylation sites (N-methyl/N-ethyl adjacent to an activating group) is 1. The van der Waals surface area contributed by atoms with Crippen LogP contribution in [0.5, 0.6) is 0 Å². The third kappa shape index (κ3) is 2.99. The molecule has 0 bridgehead atoms. The zero-order chi connectivity index (χ0) is 9.84. The lowest BCUT2D eigenvalue weighted by Gasteiger charge is -2.19. The summed E-state index contributed by atoms with van der Waals surface area (Å²) in [5.74, 6) is 0.0239. The first-order chi connectivity index (χ1) is 6.09. The first-order valence-electron chi connectivity index (χ1n) is 4.11. The minimum atomic E-state index is -0.505. The van der Waals surface area contributed by atoms with Gasteiger partial charge < -0.3 is 10.0 Å². The van der Waals surface area contributed by atoms with Crippen molar-refractivity contribution in [3.63, 3.8) is 0 Å². The van der Waals surface area contributed by atoms with Crippen LogP contribution >= 0.6 is 0 Å². The molecule has 1 rings (SSSR count). The maximum absolute atomic E-state index is 12.7. The van der Waals surface area contributed by atoms with Gasteiger partial charge in [-0.25, -0.2) is 4.98 Å². The summed E-state index contributed by atoms with van der Waals surface area (Å²) in [4.78, 5) is 5.38. The molecule has 0 saturated heterocycles. The number of rotatable bonds is 3. The highest BCUT2D eigenvalue weighted by atomic mass is 19.1. The van der Waals surface area contributed by atoms with Crippen LogP contribution in [0.15, 0.2) is 18.2 Å². The van der Waals surface area contributed by atoms with Gasteiger partial charge in [0.2, 0.25) is 5.95 Å². The molecule has 72 valence electrons. The molecule has 0 radical (unpaired) electrons. The third-order valence-electron chi connectivity index (χ3n) is 1.63. The second kappa shape index (κ2) is 4.18. The lowest BCUT2D eigenvalue weighted by molar-refractivity contribution is 0.201. The van der Waals surface area contributed by atoms with Crippen molar-refractivity contribution in [3.8, 4) is 0 Å². The van der Waals surface area contributed by atoms with Gasteiger partial charge >= 0.3 is 0 Å². The number of aliphatic hydroxyl groups excluding tert-OH is 1. The highest BCUT2D eigenvalue weighted by molar-refractivity contribution is 5.36. The summed E-state index contributed by atoms with van der Waals surface area (Å²) in [6, 6.07) is 4.58. The number of hydrogen-bond acceptors (Lipinski definition) is 3. The largest absolute Gasteiger partial charge is 0.392 e. The number of halogens is 1. The Morgan fingerprint density at radius 2 is 2.31 bits per heavy atom. The van der Waals surface area contributed by atoms with Gasteiger partial charge in [0.05, 0.1) is 6.10 Å². The van der Waals surface area contributed by atoms with Crippen LogP contribution in [-0.2, 0) is 0 Å². The van der Waals surface area contributed by atoms with E-state index < -0.39 is 12.1 Å². The van der Waals surface area contributed by atoms with E-state index in [0.29, 0.717) is 12.4 Å². The topological polar surface area (TPSA) is 36.4 Å². The van der Waals surface area contributed by atoms with Gasteiger partial charge in [-0.15, -0.1) is 0 Å². The molecule has 3 nitrogen and oxygen atoms in total. The molecule has 0 aliphatic heterocycles. The van der Waals surface area contributed by atoms with Crippen molar-refractivity contribution >= 4 is 5.82 Å². The molecule has 1 aromatic rings. The van der Waals surface area contributed by atoms with Gasteiger partial charge in [0.15, 0.2) is 0 Å². The van der Waals surface area contributed by atoms with Crippen molar-refractivity contribution in [2.24, 2.45) is 0 Å². The highest BCUT2D eigenvalue weighted by Gasteiger charge is 2.05. The fourth-order valence-electron chi connectivity index (χ4n) is 1.10.